The summed E-state index contributed by atoms with van der Waals surface area (Å²) in [5, 5.41) is 15.4. The van der Waals surface area contributed by atoms with Gasteiger partial charge in [-0.3, -0.25) is 9.59 Å². The number of benzene rings is 2. The summed E-state index contributed by atoms with van der Waals surface area (Å²) in [5.41, 5.74) is 1.23. The van der Waals surface area contributed by atoms with Gasteiger partial charge in [0, 0.05) is 24.6 Å². The van der Waals surface area contributed by atoms with Gasteiger partial charge in [-0.1, -0.05) is 50.0 Å². The summed E-state index contributed by atoms with van der Waals surface area (Å²) < 4.78 is 5.47. The normalized spacial score (nSPS) is 12.7. The summed E-state index contributed by atoms with van der Waals surface area (Å²) in [7, 11) is 0. The molecule has 2 unspecified atom stereocenters. The minimum Gasteiger partial charge on any atom is -0.508 e. The van der Waals surface area contributed by atoms with Gasteiger partial charge < -0.3 is 25.4 Å². The lowest BCUT2D eigenvalue weighted by molar-refractivity contribution is -0.142. The number of carbonyl (C=O) groups excluding carboxylic acids is 3. The maximum atomic E-state index is 14.3. The Morgan fingerprint density at radius 2 is 1.62 bits per heavy atom. The molecular weight excluding hydrogens is 506 g/mol. The molecule has 2 aromatic carbocycles. The SMILES string of the molecule is C#Cc1ccc(C(C(=O)NC(C)C)N(CCCCC)C(=O)C(Cc2ccc(O)cc2)NC(=O)OC(C)(C)C)cc1. The molecule has 0 heterocycles. The minimum atomic E-state index is -1.03. The molecule has 0 fully saturated rings. The van der Waals surface area contributed by atoms with E-state index >= 15 is 0 Å². The van der Waals surface area contributed by atoms with Gasteiger partial charge >= 0.3 is 6.09 Å². The van der Waals surface area contributed by atoms with E-state index < -0.39 is 29.7 Å². The summed E-state index contributed by atoms with van der Waals surface area (Å²) in [6.07, 6.45) is 7.40. The molecule has 3 N–H and O–H groups in total. The van der Waals surface area contributed by atoms with Crippen LogP contribution >= 0.6 is 0 Å². The fraction of sp³-hybridized carbons (Fsp3) is 0.469. The van der Waals surface area contributed by atoms with Crippen molar-refractivity contribution >= 4 is 17.9 Å². The molecule has 2 rings (SSSR count). The Bertz CT molecular complexity index is 1160. The molecule has 0 spiro atoms. The zero-order chi connectivity index (χ0) is 29.9. The molecule has 0 aliphatic carbocycles. The first kappa shape index (κ1) is 32.2. The number of alkyl carbamates (subject to hydrolysis) is 1. The second-order valence-corrected chi connectivity index (χ2v) is 11.1. The Hall–Kier alpha value is -3.99. The number of phenols is 1. The van der Waals surface area contributed by atoms with Gasteiger partial charge in [-0.2, -0.15) is 0 Å². The molecule has 0 aromatic heterocycles. The second-order valence-electron chi connectivity index (χ2n) is 11.1. The van der Waals surface area contributed by atoms with Crippen LogP contribution in [0.25, 0.3) is 0 Å². The van der Waals surface area contributed by atoms with Crippen molar-refractivity contribution in [3.8, 4) is 18.1 Å². The smallest absolute Gasteiger partial charge is 0.408 e. The van der Waals surface area contributed by atoms with E-state index in [4.69, 9.17) is 11.2 Å². The van der Waals surface area contributed by atoms with Gasteiger partial charge in [0.05, 0.1) is 0 Å². The predicted octanol–water partition coefficient (Wildman–Crippen LogP) is 5.09. The number of nitrogens with zero attached hydrogens (tertiary/aromatic N) is 1. The highest BCUT2D eigenvalue weighted by Crippen LogP contribution is 2.25. The van der Waals surface area contributed by atoms with Gasteiger partial charge in [0.25, 0.3) is 0 Å². The first-order chi connectivity index (χ1) is 18.8. The van der Waals surface area contributed by atoms with E-state index in [1.165, 1.54) is 12.1 Å². The van der Waals surface area contributed by atoms with E-state index in [-0.39, 0.29) is 24.1 Å². The highest BCUT2D eigenvalue weighted by atomic mass is 16.6. The zero-order valence-corrected chi connectivity index (χ0v) is 24.5. The Kier molecular flexibility index (Phi) is 12.1. The Morgan fingerprint density at radius 1 is 1.00 bits per heavy atom. The van der Waals surface area contributed by atoms with E-state index in [2.05, 4.69) is 23.5 Å². The van der Waals surface area contributed by atoms with Crippen LogP contribution in [0.3, 0.4) is 0 Å². The molecule has 8 nitrogen and oxygen atoms in total. The number of rotatable bonds is 12. The van der Waals surface area contributed by atoms with Gasteiger partial charge in [-0.15, -0.1) is 6.42 Å². The number of hydrogen-bond acceptors (Lipinski definition) is 5. The Morgan fingerprint density at radius 3 is 2.15 bits per heavy atom. The molecule has 8 heteroatoms. The van der Waals surface area contributed by atoms with Crippen LogP contribution in [0, 0.1) is 12.3 Å². The number of phenolic OH excluding ortho intramolecular Hbond substituents is 1. The lowest BCUT2D eigenvalue weighted by atomic mass is 9.98. The van der Waals surface area contributed by atoms with Gasteiger partial charge in [0.1, 0.15) is 23.4 Å². The molecule has 0 saturated heterocycles. The third kappa shape index (κ3) is 10.3. The van der Waals surface area contributed by atoms with Crippen molar-refractivity contribution in [2.45, 2.75) is 91.0 Å². The highest BCUT2D eigenvalue weighted by molar-refractivity contribution is 5.92. The molecule has 216 valence electrons. The van der Waals surface area contributed by atoms with Crippen molar-refractivity contribution in [3.63, 3.8) is 0 Å². The second kappa shape index (κ2) is 15.0. The van der Waals surface area contributed by atoms with Crippen LogP contribution in [0.1, 0.15) is 83.5 Å². The number of ether oxygens (including phenoxy) is 1. The number of aromatic hydroxyl groups is 1. The molecule has 3 amide bonds. The fourth-order valence-corrected chi connectivity index (χ4v) is 4.21. The average Bonchev–Trinajstić information content (AvgIpc) is 2.87. The maximum absolute atomic E-state index is 14.3. The van der Waals surface area contributed by atoms with Crippen LogP contribution in [0.15, 0.2) is 48.5 Å². The van der Waals surface area contributed by atoms with E-state index in [0.717, 1.165) is 18.4 Å². The number of amides is 3. The first-order valence-corrected chi connectivity index (χ1v) is 13.8. The monoisotopic (exact) mass is 549 g/mol. The Labute approximate surface area is 238 Å². The lowest BCUT2D eigenvalue weighted by Crippen LogP contribution is -2.54. The van der Waals surface area contributed by atoms with Crippen molar-refractivity contribution in [2.24, 2.45) is 0 Å². The maximum Gasteiger partial charge on any atom is 0.408 e. The Balaban J connectivity index is 2.57. The number of terminal acetylenes is 1. The van der Waals surface area contributed by atoms with Gasteiger partial charge in [0.2, 0.25) is 11.8 Å². The van der Waals surface area contributed by atoms with Crippen molar-refractivity contribution in [2.75, 3.05) is 6.54 Å². The van der Waals surface area contributed by atoms with Gasteiger partial charge in [0.15, 0.2) is 0 Å². The number of hydrogen-bond donors (Lipinski definition) is 3. The van der Waals surface area contributed by atoms with Crippen molar-refractivity contribution in [3.05, 3.63) is 65.2 Å². The molecule has 0 saturated carbocycles. The van der Waals surface area contributed by atoms with Crippen molar-refractivity contribution < 1.29 is 24.2 Å². The van der Waals surface area contributed by atoms with Crippen molar-refractivity contribution in [1.29, 1.82) is 0 Å². The fourth-order valence-electron chi connectivity index (χ4n) is 4.21. The molecule has 40 heavy (non-hydrogen) atoms. The van der Waals surface area contributed by atoms with E-state index in [0.29, 0.717) is 24.1 Å². The number of carbonyl (C=O) groups is 3. The van der Waals surface area contributed by atoms with Gasteiger partial charge in [-0.25, -0.2) is 4.79 Å². The largest absolute Gasteiger partial charge is 0.508 e. The molecule has 0 aliphatic rings. The van der Waals surface area contributed by atoms with Crippen LogP contribution in [-0.2, 0) is 20.7 Å². The van der Waals surface area contributed by atoms with Crippen LogP contribution in [0.2, 0.25) is 0 Å². The van der Waals surface area contributed by atoms with Crippen LogP contribution in [0.4, 0.5) is 4.79 Å². The highest BCUT2D eigenvalue weighted by Gasteiger charge is 2.36. The molecular formula is C32H43N3O5. The summed E-state index contributed by atoms with van der Waals surface area (Å²) in [5.74, 6) is 1.93. The quantitative estimate of drug-likeness (QED) is 0.252. The molecule has 2 aromatic rings. The third-order valence-corrected chi connectivity index (χ3v) is 6.03. The predicted molar refractivity (Wildman–Crippen MR) is 157 cm³/mol. The summed E-state index contributed by atoms with van der Waals surface area (Å²) in [6.45, 7) is 11.3. The topological polar surface area (TPSA) is 108 Å². The van der Waals surface area contributed by atoms with Crippen LogP contribution < -0.4 is 10.6 Å². The van der Waals surface area contributed by atoms with E-state index in [1.807, 2.05) is 13.8 Å². The molecule has 0 radical (unpaired) electrons. The molecule has 2 atom stereocenters. The number of nitrogens with one attached hydrogen (secondary N) is 2. The van der Waals surface area contributed by atoms with E-state index in [1.54, 1.807) is 62.1 Å². The van der Waals surface area contributed by atoms with Crippen LogP contribution in [0.5, 0.6) is 5.75 Å². The lowest BCUT2D eigenvalue weighted by Gasteiger charge is -2.35. The molecule has 0 aliphatic heterocycles. The van der Waals surface area contributed by atoms with Crippen LogP contribution in [-0.4, -0.2) is 52.1 Å². The summed E-state index contributed by atoms with van der Waals surface area (Å²) in [6, 6.07) is 11.3. The first-order valence-electron chi connectivity index (χ1n) is 13.8. The standard InChI is InChI=1S/C32H43N3O5/c1-8-10-11-20-35(28(29(37)33-22(3)4)25-16-12-23(9-2)13-17-25)30(38)27(34-31(39)40-32(5,6)7)21-24-14-18-26(36)19-15-24/h2,12-19,22,27-28,36H,8,10-11,20-21H2,1,3-7H3,(H,33,37)(H,34,39). The third-order valence-electron chi connectivity index (χ3n) is 6.03. The van der Waals surface area contributed by atoms with Crippen molar-refractivity contribution in [1.82, 2.24) is 15.5 Å². The van der Waals surface area contributed by atoms with Gasteiger partial charge in [-0.05, 0) is 76.4 Å². The molecule has 0 bridgehead atoms. The average molecular weight is 550 g/mol. The minimum absolute atomic E-state index is 0.0914. The summed E-state index contributed by atoms with van der Waals surface area (Å²) >= 11 is 0. The summed E-state index contributed by atoms with van der Waals surface area (Å²) in [4.78, 5) is 42.4. The van der Waals surface area contributed by atoms with E-state index in [9.17, 15) is 19.5 Å². The number of unbranched alkanes of at least 4 members (excludes halogenated alkanes) is 2. The zero-order valence-electron chi connectivity index (χ0n) is 24.5.